The maximum atomic E-state index is 12.2. The molecule has 0 spiro atoms. The molecule has 0 bridgehead atoms. The Hall–Kier alpha value is -2.95. The van der Waals surface area contributed by atoms with Crippen LogP contribution < -0.4 is 4.74 Å². The zero-order valence-corrected chi connectivity index (χ0v) is 15.7. The van der Waals surface area contributed by atoms with Gasteiger partial charge in [0.05, 0.1) is 12.2 Å². The van der Waals surface area contributed by atoms with Crippen LogP contribution >= 0.6 is 0 Å². The van der Waals surface area contributed by atoms with Gasteiger partial charge in [0.15, 0.2) is 5.78 Å². The second kappa shape index (κ2) is 9.24. The molecule has 1 saturated heterocycles. The van der Waals surface area contributed by atoms with Crippen molar-refractivity contribution in [2.24, 2.45) is 0 Å². The lowest BCUT2D eigenvalue weighted by atomic mass is 9.99. The van der Waals surface area contributed by atoms with Gasteiger partial charge in [-0.3, -0.25) is 4.79 Å². The van der Waals surface area contributed by atoms with Crippen LogP contribution in [0, 0.1) is 0 Å². The molecule has 0 aliphatic carbocycles. The lowest BCUT2D eigenvalue weighted by Gasteiger charge is -2.39. The van der Waals surface area contributed by atoms with Crippen molar-refractivity contribution in [2.45, 2.75) is 30.7 Å². The van der Waals surface area contributed by atoms with Crippen molar-refractivity contribution in [2.75, 3.05) is 6.61 Å². The predicted molar refractivity (Wildman–Crippen MR) is 104 cm³/mol. The van der Waals surface area contributed by atoms with Crippen LogP contribution in [0.25, 0.3) is 6.08 Å². The number of carbonyl (C=O) groups is 1. The third-order valence-corrected chi connectivity index (χ3v) is 4.65. The molecule has 0 amide bonds. The van der Waals surface area contributed by atoms with Crippen LogP contribution in [0.15, 0.2) is 48.5 Å². The number of hydrogen-bond donors (Lipinski definition) is 6. The third kappa shape index (κ3) is 4.78. The molecular formula is C21H22O9. The smallest absolute Gasteiger partial charge is 0.229 e. The Balaban J connectivity index is 1.65. The van der Waals surface area contributed by atoms with Crippen LogP contribution in [0.1, 0.15) is 15.9 Å². The van der Waals surface area contributed by atoms with E-state index in [9.17, 15) is 35.4 Å². The summed E-state index contributed by atoms with van der Waals surface area (Å²) in [7, 11) is 0. The fraction of sp³-hybridized carbons (Fsp3) is 0.286. The van der Waals surface area contributed by atoms with Gasteiger partial charge < -0.3 is 40.1 Å². The minimum Gasteiger partial charge on any atom is -0.508 e. The summed E-state index contributed by atoms with van der Waals surface area (Å²) >= 11 is 0. The molecule has 160 valence electrons. The van der Waals surface area contributed by atoms with Gasteiger partial charge in [-0.05, 0) is 35.9 Å². The molecule has 2 aromatic rings. The Morgan fingerprint density at radius 2 is 1.70 bits per heavy atom. The summed E-state index contributed by atoms with van der Waals surface area (Å²) in [5.74, 6) is -0.635. The summed E-state index contributed by atoms with van der Waals surface area (Å²) in [6.45, 7) is -0.556. The lowest BCUT2D eigenvalue weighted by Crippen LogP contribution is -2.60. The summed E-state index contributed by atoms with van der Waals surface area (Å²) in [6.07, 6.45) is -4.10. The fourth-order valence-electron chi connectivity index (χ4n) is 2.95. The second-order valence-corrected chi connectivity index (χ2v) is 6.78. The number of benzene rings is 2. The first-order chi connectivity index (χ1) is 14.3. The number of aliphatic hydroxyl groups excluding tert-OH is 4. The van der Waals surface area contributed by atoms with E-state index in [-0.39, 0.29) is 17.1 Å². The van der Waals surface area contributed by atoms with Crippen LogP contribution in [-0.4, -0.2) is 73.7 Å². The molecule has 9 heteroatoms. The molecule has 1 aliphatic heterocycles. The highest BCUT2D eigenvalue weighted by Crippen LogP contribution is 2.25. The zero-order chi connectivity index (χ0) is 21.8. The molecule has 3 rings (SSSR count). The average Bonchev–Trinajstić information content (AvgIpc) is 2.73. The van der Waals surface area contributed by atoms with Crippen molar-refractivity contribution in [1.29, 1.82) is 0 Å². The number of carbonyl (C=O) groups excluding carboxylic acids is 1. The quantitative estimate of drug-likeness (QED) is 0.284. The van der Waals surface area contributed by atoms with Crippen molar-refractivity contribution < 1.29 is 44.9 Å². The Morgan fingerprint density at radius 1 is 1.00 bits per heavy atom. The number of ketones is 1. The van der Waals surface area contributed by atoms with Crippen LogP contribution in [0.4, 0.5) is 0 Å². The highest BCUT2D eigenvalue weighted by atomic mass is 16.7. The normalized spacial score (nSPS) is 26.6. The number of ether oxygens (including phenoxy) is 2. The molecule has 1 aliphatic rings. The fourth-order valence-corrected chi connectivity index (χ4v) is 2.95. The number of phenolic OH excluding ortho intramolecular Hbond substituents is 2. The topological polar surface area (TPSA) is 157 Å². The van der Waals surface area contributed by atoms with Gasteiger partial charge in [-0.1, -0.05) is 18.2 Å². The maximum Gasteiger partial charge on any atom is 0.229 e. The SMILES string of the molecule is O=C(/C=C/c1ccc(OC2OC(CO)C(O)C(O)C2O)cc1)c1ccc(O)cc1O. The van der Waals surface area contributed by atoms with E-state index in [0.717, 1.165) is 6.07 Å². The van der Waals surface area contributed by atoms with Crippen LogP contribution in [0.2, 0.25) is 0 Å². The van der Waals surface area contributed by atoms with Gasteiger partial charge in [-0.2, -0.15) is 0 Å². The van der Waals surface area contributed by atoms with Crippen LogP contribution in [0.3, 0.4) is 0 Å². The van der Waals surface area contributed by atoms with Gasteiger partial charge in [0, 0.05) is 6.07 Å². The molecule has 6 N–H and O–H groups in total. The Bertz CT molecular complexity index is 907. The van der Waals surface area contributed by atoms with Crippen LogP contribution in [-0.2, 0) is 4.74 Å². The summed E-state index contributed by atoms with van der Waals surface area (Å²) in [4.78, 5) is 12.2. The van der Waals surface area contributed by atoms with E-state index in [1.807, 2.05) is 0 Å². The largest absolute Gasteiger partial charge is 0.508 e. The molecule has 2 aromatic carbocycles. The van der Waals surface area contributed by atoms with Gasteiger partial charge in [0.2, 0.25) is 6.29 Å². The molecule has 0 saturated carbocycles. The number of aliphatic hydroxyl groups is 4. The third-order valence-electron chi connectivity index (χ3n) is 4.65. The second-order valence-electron chi connectivity index (χ2n) is 6.78. The standard InChI is InChI=1S/C21H22O9/c22-10-17-18(26)19(27)20(28)21(30-17)29-13-5-1-11(2-6-13)3-8-15(24)14-7-4-12(23)9-16(14)25/h1-9,17-23,25-28H,10H2/b8-3+. The zero-order valence-electron chi connectivity index (χ0n) is 15.7. The van der Waals surface area contributed by atoms with Crippen LogP contribution in [0.5, 0.6) is 17.2 Å². The first-order valence-electron chi connectivity index (χ1n) is 9.12. The molecule has 1 heterocycles. The average molecular weight is 418 g/mol. The molecule has 0 aromatic heterocycles. The molecule has 0 radical (unpaired) electrons. The molecule has 9 nitrogen and oxygen atoms in total. The Kier molecular flexibility index (Phi) is 6.70. The van der Waals surface area contributed by atoms with Gasteiger partial charge in [-0.25, -0.2) is 0 Å². The molecule has 5 atom stereocenters. The number of hydrogen-bond acceptors (Lipinski definition) is 9. The summed E-state index contributed by atoms with van der Waals surface area (Å²) < 4.78 is 10.8. The van der Waals surface area contributed by atoms with E-state index < -0.39 is 43.1 Å². The van der Waals surface area contributed by atoms with Gasteiger partial charge in [-0.15, -0.1) is 0 Å². The Morgan fingerprint density at radius 3 is 2.33 bits per heavy atom. The molecule has 5 unspecified atom stereocenters. The van der Waals surface area contributed by atoms with Crippen molar-refractivity contribution in [3.8, 4) is 17.2 Å². The van der Waals surface area contributed by atoms with E-state index in [0.29, 0.717) is 11.3 Å². The number of rotatable bonds is 6. The summed E-state index contributed by atoms with van der Waals surface area (Å²) in [5, 5.41) is 57.8. The highest BCUT2D eigenvalue weighted by molar-refractivity contribution is 6.08. The minimum absolute atomic E-state index is 0.0478. The minimum atomic E-state index is -1.54. The van der Waals surface area contributed by atoms with Crippen molar-refractivity contribution in [3.05, 3.63) is 59.7 Å². The van der Waals surface area contributed by atoms with Crippen molar-refractivity contribution in [1.82, 2.24) is 0 Å². The molecular weight excluding hydrogens is 396 g/mol. The molecule has 30 heavy (non-hydrogen) atoms. The van der Waals surface area contributed by atoms with Crippen molar-refractivity contribution >= 4 is 11.9 Å². The predicted octanol–water partition coefficient (Wildman–Crippen LogP) is 0.173. The monoisotopic (exact) mass is 418 g/mol. The van der Waals surface area contributed by atoms with E-state index in [1.54, 1.807) is 24.3 Å². The van der Waals surface area contributed by atoms with E-state index in [4.69, 9.17) is 9.47 Å². The maximum absolute atomic E-state index is 12.2. The lowest BCUT2D eigenvalue weighted by molar-refractivity contribution is -0.277. The molecule has 1 fully saturated rings. The van der Waals surface area contributed by atoms with Gasteiger partial charge >= 0.3 is 0 Å². The highest BCUT2D eigenvalue weighted by Gasteiger charge is 2.44. The number of phenols is 2. The number of aromatic hydroxyl groups is 2. The first kappa shape index (κ1) is 21.8. The van der Waals surface area contributed by atoms with Crippen molar-refractivity contribution in [3.63, 3.8) is 0 Å². The van der Waals surface area contributed by atoms with Gasteiger partial charge in [0.1, 0.15) is 41.7 Å². The van der Waals surface area contributed by atoms with E-state index >= 15 is 0 Å². The Labute approximate surface area is 171 Å². The number of allylic oxidation sites excluding steroid dienone is 1. The summed E-state index contributed by atoms with van der Waals surface area (Å²) in [6, 6.07) is 10.0. The first-order valence-corrected chi connectivity index (χ1v) is 9.12. The van der Waals surface area contributed by atoms with Gasteiger partial charge in [0.25, 0.3) is 0 Å². The van der Waals surface area contributed by atoms with E-state index in [1.165, 1.54) is 24.3 Å². The summed E-state index contributed by atoms with van der Waals surface area (Å²) in [5.41, 5.74) is 0.689. The van der Waals surface area contributed by atoms with E-state index in [2.05, 4.69) is 0 Å².